The van der Waals surface area contributed by atoms with Gasteiger partial charge in [-0.15, -0.1) is 0 Å². The largest absolute Gasteiger partial charge is 0.353 e. The van der Waals surface area contributed by atoms with Crippen molar-refractivity contribution in [1.82, 2.24) is 20.2 Å². The Balaban J connectivity index is 1.66. The van der Waals surface area contributed by atoms with E-state index in [2.05, 4.69) is 25.9 Å². The van der Waals surface area contributed by atoms with Crippen LogP contribution in [0.3, 0.4) is 0 Å². The fraction of sp³-hybridized carbons (Fsp3) is 0.217. The molecule has 0 bridgehead atoms. The maximum Gasteiger partial charge on any atom is 0.248 e. The number of nitrogens with zero attached hydrogens (tertiary/aromatic N) is 3. The van der Waals surface area contributed by atoms with Crippen molar-refractivity contribution in [3.8, 4) is 0 Å². The molecule has 3 aromatic rings. The number of benzene rings is 2. The molecule has 1 aromatic heterocycles. The Kier molecular flexibility index (Phi) is 8.28. The van der Waals surface area contributed by atoms with E-state index in [1.54, 1.807) is 18.2 Å². The molecule has 10 heteroatoms. The molecule has 33 heavy (non-hydrogen) atoms. The lowest BCUT2D eigenvalue weighted by Crippen LogP contribution is -2.25. The van der Waals surface area contributed by atoms with Gasteiger partial charge in [0.05, 0.1) is 10.5 Å². The number of fused-ring (bicyclic) bond motifs is 1. The van der Waals surface area contributed by atoms with E-state index in [1.807, 2.05) is 19.0 Å². The van der Waals surface area contributed by atoms with Gasteiger partial charge in [0, 0.05) is 35.5 Å². The Morgan fingerprint density at radius 2 is 1.82 bits per heavy atom. The zero-order chi connectivity index (χ0) is 23.8. The van der Waals surface area contributed by atoms with Crippen LogP contribution in [0.2, 0.25) is 5.02 Å². The molecule has 8 nitrogen and oxygen atoms in total. The van der Waals surface area contributed by atoms with Crippen LogP contribution < -0.4 is 16.0 Å². The van der Waals surface area contributed by atoms with E-state index in [4.69, 9.17) is 11.6 Å². The van der Waals surface area contributed by atoms with E-state index < -0.39 is 11.7 Å². The summed E-state index contributed by atoms with van der Waals surface area (Å²) >= 11 is 5.85. The third-order valence-electron chi connectivity index (χ3n) is 4.55. The third kappa shape index (κ3) is 7.23. The van der Waals surface area contributed by atoms with Gasteiger partial charge < -0.3 is 20.9 Å². The van der Waals surface area contributed by atoms with Crippen molar-refractivity contribution in [2.45, 2.75) is 6.42 Å². The van der Waals surface area contributed by atoms with Crippen molar-refractivity contribution in [2.75, 3.05) is 37.8 Å². The van der Waals surface area contributed by atoms with Crippen LogP contribution in [0.25, 0.3) is 10.9 Å². The van der Waals surface area contributed by atoms with Crippen molar-refractivity contribution in [3.05, 3.63) is 65.7 Å². The average Bonchev–Trinajstić information content (AvgIpc) is 2.78. The van der Waals surface area contributed by atoms with Crippen LogP contribution in [0.5, 0.6) is 0 Å². The van der Waals surface area contributed by atoms with Gasteiger partial charge in [0.15, 0.2) is 0 Å². The summed E-state index contributed by atoms with van der Waals surface area (Å²) < 4.78 is 13.4. The van der Waals surface area contributed by atoms with Gasteiger partial charge in [0.2, 0.25) is 11.8 Å². The molecule has 2 amide bonds. The first-order valence-electron chi connectivity index (χ1n) is 10.2. The lowest BCUT2D eigenvalue weighted by atomic mass is 10.2. The highest BCUT2D eigenvalue weighted by molar-refractivity contribution is 6.31. The number of hydrogen-bond donors (Lipinski definition) is 3. The van der Waals surface area contributed by atoms with Crippen LogP contribution in [0.15, 0.2) is 54.9 Å². The molecule has 0 unspecified atom stereocenters. The van der Waals surface area contributed by atoms with Gasteiger partial charge >= 0.3 is 0 Å². The monoisotopic (exact) mass is 470 g/mol. The molecular weight excluding hydrogens is 447 g/mol. The van der Waals surface area contributed by atoms with E-state index in [9.17, 15) is 14.0 Å². The van der Waals surface area contributed by atoms with Crippen LogP contribution in [0.1, 0.15) is 6.42 Å². The lowest BCUT2D eigenvalue weighted by molar-refractivity contribution is -0.117. The minimum absolute atomic E-state index is 0.0140. The molecule has 1 heterocycles. The molecule has 0 aliphatic carbocycles. The maximum atomic E-state index is 13.4. The summed E-state index contributed by atoms with van der Waals surface area (Å²) in [7, 11) is 3.92. The van der Waals surface area contributed by atoms with Crippen molar-refractivity contribution < 1.29 is 14.0 Å². The summed E-state index contributed by atoms with van der Waals surface area (Å²) in [6.45, 7) is 1.39. The van der Waals surface area contributed by atoms with Gasteiger partial charge in [-0.2, -0.15) is 0 Å². The van der Waals surface area contributed by atoms with Crippen LogP contribution in [-0.4, -0.2) is 53.9 Å². The molecule has 3 rings (SSSR count). The van der Waals surface area contributed by atoms with Crippen LogP contribution in [-0.2, 0) is 9.59 Å². The SMILES string of the molecule is CN(C)CCCNC(=O)/C=C/C(=O)Nc1ccc2ncnc(Nc3ccc(F)c(Cl)c3)c2c1. The van der Waals surface area contributed by atoms with Gasteiger partial charge in [0.25, 0.3) is 0 Å². The van der Waals surface area contributed by atoms with Crippen molar-refractivity contribution in [2.24, 2.45) is 0 Å². The highest BCUT2D eigenvalue weighted by atomic mass is 35.5. The summed E-state index contributed by atoms with van der Waals surface area (Å²) in [6.07, 6.45) is 4.58. The Hall–Kier alpha value is -3.56. The van der Waals surface area contributed by atoms with Crippen molar-refractivity contribution in [1.29, 1.82) is 0 Å². The fourth-order valence-electron chi connectivity index (χ4n) is 2.95. The zero-order valence-electron chi connectivity index (χ0n) is 18.2. The molecule has 3 N–H and O–H groups in total. The second-order valence-corrected chi connectivity index (χ2v) is 7.89. The van der Waals surface area contributed by atoms with Gasteiger partial charge in [-0.1, -0.05) is 11.6 Å². The summed E-state index contributed by atoms with van der Waals surface area (Å²) in [5.41, 5.74) is 1.69. The minimum atomic E-state index is -0.518. The van der Waals surface area contributed by atoms with E-state index in [0.717, 1.165) is 13.0 Å². The standard InChI is InChI=1S/C23H24ClFN6O2/c1-31(2)11-3-10-26-21(32)8-9-22(33)29-15-5-7-20-17(12-15)23(28-14-27-20)30-16-4-6-19(25)18(24)13-16/h4-9,12-14H,3,10-11H2,1-2H3,(H,26,32)(H,29,33)(H,27,28,30)/b9-8+. The molecule has 0 atom stereocenters. The first kappa shape index (κ1) is 24.1. The van der Waals surface area contributed by atoms with E-state index >= 15 is 0 Å². The average molecular weight is 471 g/mol. The maximum absolute atomic E-state index is 13.4. The Labute approximate surface area is 195 Å². The van der Waals surface area contributed by atoms with Gasteiger partial charge in [-0.25, -0.2) is 14.4 Å². The van der Waals surface area contributed by atoms with E-state index in [1.165, 1.54) is 36.7 Å². The summed E-state index contributed by atoms with van der Waals surface area (Å²) in [6, 6.07) is 9.38. The Morgan fingerprint density at radius 3 is 2.58 bits per heavy atom. The van der Waals surface area contributed by atoms with Gasteiger partial charge in [-0.05, 0) is 63.5 Å². The van der Waals surface area contributed by atoms with Crippen LogP contribution in [0, 0.1) is 5.82 Å². The topological polar surface area (TPSA) is 99.3 Å². The van der Waals surface area contributed by atoms with Crippen LogP contribution in [0.4, 0.5) is 21.6 Å². The second kappa shape index (κ2) is 11.3. The number of anilines is 3. The Bertz CT molecular complexity index is 1180. The first-order chi connectivity index (χ1) is 15.8. The molecule has 172 valence electrons. The number of carbonyl (C=O) groups excluding carboxylic acids is 2. The number of amides is 2. The molecule has 0 saturated carbocycles. The lowest BCUT2D eigenvalue weighted by Gasteiger charge is -2.10. The number of aromatic nitrogens is 2. The molecule has 0 spiro atoms. The normalized spacial score (nSPS) is 11.2. The van der Waals surface area contributed by atoms with E-state index in [0.29, 0.717) is 34.6 Å². The molecule has 0 radical (unpaired) electrons. The molecule has 0 aliphatic heterocycles. The predicted molar refractivity (Wildman–Crippen MR) is 128 cm³/mol. The van der Waals surface area contributed by atoms with Crippen molar-refractivity contribution >= 4 is 51.5 Å². The molecular formula is C23H24ClFN6O2. The van der Waals surface area contributed by atoms with E-state index in [-0.39, 0.29) is 10.9 Å². The predicted octanol–water partition coefficient (Wildman–Crippen LogP) is 3.73. The second-order valence-electron chi connectivity index (χ2n) is 7.48. The highest BCUT2D eigenvalue weighted by Gasteiger charge is 2.08. The number of halogens is 2. The minimum Gasteiger partial charge on any atom is -0.353 e. The van der Waals surface area contributed by atoms with Crippen LogP contribution >= 0.6 is 11.6 Å². The summed E-state index contributed by atoms with van der Waals surface area (Å²) in [4.78, 5) is 34.6. The Morgan fingerprint density at radius 1 is 1.06 bits per heavy atom. The quantitative estimate of drug-likeness (QED) is 0.325. The number of carbonyl (C=O) groups is 2. The number of hydrogen-bond acceptors (Lipinski definition) is 6. The first-order valence-corrected chi connectivity index (χ1v) is 10.6. The number of rotatable bonds is 9. The third-order valence-corrected chi connectivity index (χ3v) is 4.84. The van der Waals surface area contributed by atoms with Gasteiger partial charge in [-0.3, -0.25) is 9.59 Å². The zero-order valence-corrected chi connectivity index (χ0v) is 19.0. The summed E-state index contributed by atoms with van der Waals surface area (Å²) in [5.74, 6) is -0.837. The van der Waals surface area contributed by atoms with Gasteiger partial charge in [0.1, 0.15) is 18.0 Å². The molecule has 0 aliphatic rings. The summed E-state index contributed by atoms with van der Waals surface area (Å²) in [5, 5.41) is 9.15. The number of nitrogens with one attached hydrogen (secondary N) is 3. The molecule has 2 aromatic carbocycles. The van der Waals surface area contributed by atoms with Crippen molar-refractivity contribution in [3.63, 3.8) is 0 Å². The molecule has 0 fully saturated rings. The smallest absolute Gasteiger partial charge is 0.248 e. The molecule has 0 saturated heterocycles. The fourth-order valence-corrected chi connectivity index (χ4v) is 3.13. The highest BCUT2D eigenvalue weighted by Crippen LogP contribution is 2.27.